The Balaban J connectivity index is 1.49. The van der Waals surface area contributed by atoms with Crippen molar-refractivity contribution in [3.05, 3.63) is 22.8 Å². The van der Waals surface area contributed by atoms with Crippen molar-refractivity contribution in [3.63, 3.8) is 0 Å². The number of Topliss-reactive ketones (excluding diaryl/α,β-unsaturated/α-hetero) is 1. The average Bonchev–Trinajstić information content (AvgIpc) is 3.50. The maximum atomic E-state index is 12.9. The van der Waals surface area contributed by atoms with Crippen molar-refractivity contribution in [3.8, 4) is 0 Å². The molecule has 5 aliphatic rings. The van der Waals surface area contributed by atoms with Crippen LogP contribution in [0.3, 0.4) is 0 Å². The van der Waals surface area contributed by atoms with E-state index in [0.29, 0.717) is 23.7 Å². The van der Waals surface area contributed by atoms with E-state index >= 15 is 0 Å². The SMILES string of the molecule is CC1=C([C@H](C)CC/C=C(\C)C(=O)O)CC[C@@]2(C)[C@@H]3CC[C@H]4C(C)(C)C(=O)CC[C@]4(C)[C@]34O[C@@H]4[C@@]12O. The molecule has 5 heteroatoms. The number of hydrogen-bond acceptors (Lipinski definition) is 4. The first kappa shape index (κ1) is 25.2. The van der Waals surface area contributed by atoms with E-state index in [1.54, 1.807) is 6.92 Å². The normalized spacial score (nSPS) is 46.9. The van der Waals surface area contributed by atoms with Crippen LogP contribution < -0.4 is 0 Å². The highest BCUT2D eigenvalue weighted by Gasteiger charge is 2.90. The van der Waals surface area contributed by atoms with Gasteiger partial charge in [0.05, 0.1) is 0 Å². The third-order valence-electron chi connectivity index (χ3n) is 12.0. The lowest BCUT2D eigenvalue weighted by molar-refractivity contribution is -0.174. The number of ether oxygens (including phenoxy) is 1. The van der Waals surface area contributed by atoms with Gasteiger partial charge in [-0.2, -0.15) is 0 Å². The maximum Gasteiger partial charge on any atom is 0.330 e. The Morgan fingerprint density at radius 2 is 1.74 bits per heavy atom. The van der Waals surface area contributed by atoms with E-state index in [9.17, 15) is 14.7 Å². The van der Waals surface area contributed by atoms with Crippen molar-refractivity contribution in [1.29, 1.82) is 0 Å². The minimum absolute atomic E-state index is 0.0979. The van der Waals surface area contributed by atoms with Crippen LogP contribution in [0.2, 0.25) is 0 Å². The highest BCUT2D eigenvalue weighted by Crippen LogP contribution is 2.82. The van der Waals surface area contributed by atoms with Gasteiger partial charge in [0.15, 0.2) is 0 Å². The molecule has 0 aromatic heterocycles. The van der Waals surface area contributed by atoms with Crippen LogP contribution in [0.1, 0.15) is 99.8 Å². The number of carboxylic acid groups (broad SMARTS) is 1. The summed E-state index contributed by atoms with van der Waals surface area (Å²) in [4.78, 5) is 24.0. The van der Waals surface area contributed by atoms with Gasteiger partial charge in [-0.15, -0.1) is 0 Å². The predicted molar refractivity (Wildman–Crippen MR) is 135 cm³/mol. The molecule has 4 fully saturated rings. The third kappa shape index (κ3) is 2.89. The molecule has 1 saturated heterocycles. The number of carboxylic acids is 1. The molecule has 0 aromatic rings. The van der Waals surface area contributed by atoms with Crippen LogP contribution in [0.25, 0.3) is 0 Å². The highest BCUT2D eigenvalue weighted by atomic mass is 16.6. The summed E-state index contributed by atoms with van der Waals surface area (Å²) in [6.07, 6.45) is 8.68. The average molecular weight is 485 g/mol. The van der Waals surface area contributed by atoms with Gasteiger partial charge in [0.2, 0.25) is 0 Å². The van der Waals surface area contributed by atoms with Gasteiger partial charge in [-0.25, -0.2) is 4.79 Å². The minimum atomic E-state index is -0.976. The molecule has 0 aromatic carbocycles. The number of aliphatic carboxylic acids is 1. The summed E-state index contributed by atoms with van der Waals surface area (Å²) in [6.45, 7) is 14.9. The van der Waals surface area contributed by atoms with Crippen LogP contribution in [0, 0.1) is 34.0 Å². The number of carbonyl (C=O) groups is 2. The third-order valence-corrected chi connectivity index (χ3v) is 12.0. The second kappa shape index (κ2) is 7.54. The van der Waals surface area contributed by atoms with Crippen molar-refractivity contribution in [1.82, 2.24) is 0 Å². The Morgan fingerprint density at radius 3 is 2.40 bits per heavy atom. The second-order valence-corrected chi connectivity index (χ2v) is 13.5. The molecule has 1 aliphatic heterocycles. The predicted octanol–water partition coefficient (Wildman–Crippen LogP) is 5.85. The van der Waals surface area contributed by atoms with Crippen molar-refractivity contribution >= 4 is 11.8 Å². The summed E-state index contributed by atoms with van der Waals surface area (Å²) in [7, 11) is 0. The van der Waals surface area contributed by atoms with Crippen LogP contribution in [0.5, 0.6) is 0 Å². The number of allylic oxidation sites excluding steroid dienone is 2. The second-order valence-electron chi connectivity index (χ2n) is 13.5. The summed E-state index contributed by atoms with van der Waals surface area (Å²) in [6, 6.07) is 0. The zero-order chi connectivity index (χ0) is 25.8. The number of carbonyl (C=O) groups excluding carboxylic acids is 1. The van der Waals surface area contributed by atoms with Crippen molar-refractivity contribution in [2.45, 2.75) is 117 Å². The molecule has 5 rings (SSSR count). The van der Waals surface area contributed by atoms with E-state index in [1.165, 1.54) is 5.57 Å². The molecule has 2 N–H and O–H groups in total. The van der Waals surface area contributed by atoms with Gasteiger partial charge in [-0.3, -0.25) is 4.79 Å². The van der Waals surface area contributed by atoms with Crippen LogP contribution in [0.4, 0.5) is 0 Å². The van der Waals surface area contributed by atoms with E-state index in [4.69, 9.17) is 9.84 Å². The van der Waals surface area contributed by atoms with Crippen LogP contribution >= 0.6 is 0 Å². The van der Waals surface area contributed by atoms with Crippen LogP contribution in [-0.2, 0) is 14.3 Å². The molecule has 35 heavy (non-hydrogen) atoms. The molecule has 3 saturated carbocycles. The molecule has 1 spiro atoms. The van der Waals surface area contributed by atoms with E-state index in [0.717, 1.165) is 50.5 Å². The number of hydrogen-bond donors (Lipinski definition) is 2. The molecule has 0 unspecified atom stereocenters. The Hall–Kier alpha value is -1.46. The first-order valence-electron chi connectivity index (χ1n) is 13.7. The largest absolute Gasteiger partial charge is 0.478 e. The molecule has 5 nitrogen and oxygen atoms in total. The number of epoxide rings is 1. The molecular weight excluding hydrogens is 440 g/mol. The first-order valence-corrected chi connectivity index (χ1v) is 13.7. The molecule has 8 atom stereocenters. The Kier molecular flexibility index (Phi) is 5.43. The minimum Gasteiger partial charge on any atom is -0.478 e. The van der Waals surface area contributed by atoms with Gasteiger partial charge in [-0.1, -0.05) is 46.3 Å². The highest BCUT2D eigenvalue weighted by molar-refractivity contribution is 5.86. The van der Waals surface area contributed by atoms with Crippen LogP contribution in [-0.4, -0.2) is 39.3 Å². The summed E-state index contributed by atoms with van der Waals surface area (Å²) in [5.41, 5.74) is 0.850. The molecule has 0 radical (unpaired) electrons. The lowest BCUT2D eigenvalue weighted by Gasteiger charge is -2.59. The first-order chi connectivity index (χ1) is 16.2. The monoisotopic (exact) mass is 484 g/mol. The fourth-order valence-electron chi connectivity index (χ4n) is 9.81. The summed E-state index contributed by atoms with van der Waals surface area (Å²) >= 11 is 0. The van der Waals surface area contributed by atoms with Crippen molar-refractivity contribution in [2.75, 3.05) is 0 Å². The van der Waals surface area contributed by atoms with E-state index in [-0.39, 0.29) is 39.8 Å². The number of aliphatic hydroxyl groups is 1. The Labute approximate surface area is 210 Å². The molecule has 0 bridgehead atoms. The summed E-state index contributed by atoms with van der Waals surface area (Å²) in [5, 5.41) is 21.8. The lowest BCUT2D eigenvalue weighted by Crippen LogP contribution is -2.60. The fraction of sp³-hybridized carbons (Fsp3) is 0.800. The summed E-state index contributed by atoms with van der Waals surface area (Å²) < 4.78 is 6.75. The number of fused-ring (bicyclic) bond motifs is 4. The maximum absolute atomic E-state index is 12.9. The van der Waals surface area contributed by atoms with E-state index in [2.05, 4.69) is 41.5 Å². The van der Waals surface area contributed by atoms with Crippen molar-refractivity contribution < 1.29 is 24.5 Å². The molecule has 0 amide bonds. The quantitative estimate of drug-likeness (QED) is 0.290. The zero-order valence-electron chi connectivity index (χ0n) is 22.7. The van der Waals surface area contributed by atoms with Gasteiger partial charge in [0, 0.05) is 28.2 Å². The van der Waals surface area contributed by atoms with E-state index < -0.39 is 11.6 Å². The van der Waals surface area contributed by atoms with E-state index in [1.807, 2.05) is 6.08 Å². The van der Waals surface area contributed by atoms with Gasteiger partial charge in [0.1, 0.15) is 23.1 Å². The van der Waals surface area contributed by atoms with Gasteiger partial charge >= 0.3 is 5.97 Å². The topological polar surface area (TPSA) is 87.1 Å². The van der Waals surface area contributed by atoms with Gasteiger partial charge in [0.25, 0.3) is 0 Å². The molecule has 194 valence electrons. The number of ketones is 1. The Morgan fingerprint density at radius 1 is 1.11 bits per heavy atom. The van der Waals surface area contributed by atoms with Crippen molar-refractivity contribution in [2.24, 2.45) is 34.0 Å². The standard InChI is InChI=1S/C30H44O5/c1-17(9-8-10-18(2)24(32)33)20-13-15-27(6)22-12-11-21-26(4,5)23(31)14-16-28(21,7)30(22)25(35-30)29(27,34)19(20)3/h10,17,21-22,25,34H,8-9,11-16H2,1-7H3,(H,32,33)/b18-10+/t17-,21+,22+,25-,27+,28+,29+,30+/m1/s1. The Bertz CT molecular complexity index is 1040. The smallest absolute Gasteiger partial charge is 0.330 e. The lowest BCUT2D eigenvalue weighted by atomic mass is 9.44. The van der Waals surface area contributed by atoms with Crippen LogP contribution in [0.15, 0.2) is 22.8 Å². The molecular formula is C30H44O5. The summed E-state index contributed by atoms with van der Waals surface area (Å²) in [5.74, 6) is 0.403. The van der Waals surface area contributed by atoms with Gasteiger partial charge < -0.3 is 14.9 Å². The number of rotatable bonds is 5. The zero-order valence-corrected chi connectivity index (χ0v) is 22.7. The molecule has 4 aliphatic carbocycles. The fourth-order valence-corrected chi connectivity index (χ4v) is 9.81. The van der Waals surface area contributed by atoms with Gasteiger partial charge in [-0.05, 0) is 82.1 Å². The molecule has 1 heterocycles.